The molecule has 4 nitrogen and oxygen atoms in total. The maximum Gasteiger partial charge on any atom is 0.304 e. The number of aromatic nitrogens is 1. The van der Waals surface area contributed by atoms with Gasteiger partial charge in [0.05, 0.1) is 0 Å². The van der Waals surface area contributed by atoms with Crippen LogP contribution in [0.4, 0.5) is 0 Å². The number of hydrogen-bond donors (Lipinski definition) is 2. The van der Waals surface area contributed by atoms with Gasteiger partial charge < -0.3 is 10.3 Å². The Kier molecular flexibility index (Phi) is 4.36. The molecule has 2 unspecified atom stereocenters. The number of hydrogen-bond acceptors (Lipinski definition) is 4. The second-order valence-electron chi connectivity index (χ2n) is 4.68. The molecule has 1 fully saturated rings. The molecule has 1 aromatic heterocycles. The van der Waals surface area contributed by atoms with Crippen LogP contribution in [0.25, 0.3) is 0 Å². The third-order valence-corrected chi connectivity index (χ3v) is 4.24. The highest BCUT2D eigenvalue weighted by molar-refractivity contribution is 7.07. The van der Waals surface area contributed by atoms with Crippen LogP contribution in [-0.2, 0) is 6.54 Å². The van der Waals surface area contributed by atoms with E-state index in [1.165, 1.54) is 11.3 Å². The minimum Gasteiger partial charge on any atom is -0.315 e. The summed E-state index contributed by atoms with van der Waals surface area (Å²) >= 11 is 1.25. The molecule has 0 amide bonds. The van der Waals surface area contributed by atoms with Gasteiger partial charge in [-0.1, -0.05) is 25.2 Å². The molecule has 0 spiro atoms. The second kappa shape index (κ2) is 5.80. The second-order valence-corrected chi connectivity index (χ2v) is 5.52. The molecular weight excluding hydrogens is 234 g/mol. The van der Waals surface area contributed by atoms with E-state index in [-0.39, 0.29) is 4.87 Å². The van der Waals surface area contributed by atoms with Crippen molar-refractivity contribution in [3.63, 3.8) is 0 Å². The Labute approximate surface area is 106 Å². The number of nitrogens with zero attached hydrogens (tertiary/aromatic N) is 1. The maximum atomic E-state index is 11.1. The summed E-state index contributed by atoms with van der Waals surface area (Å²) in [5, 5.41) is 5.52. The summed E-state index contributed by atoms with van der Waals surface area (Å²) in [5.41, 5.74) is 1.05. The molecule has 1 saturated heterocycles. The summed E-state index contributed by atoms with van der Waals surface area (Å²) in [6.07, 6.45) is 2.31. The summed E-state index contributed by atoms with van der Waals surface area (Å²) in [7, 11) is 0. The molecule has 96 valence electrons. The molecule has 2 heterocycles. The zero-order chi connectivity index (χ0) is 12.3. The van der Waals surface area contributed by atoms with Crippen molar-refractivity contribution in [2.24, 2.45) is 0 Å². The first-order valence-corrected chi connectivity index (χ1v) is 7.25. The molecule has 1 aliphatic rings. The normalized spacial score (nSPS) is 26.2. The Balaban J connectivity index is 2.02. The lowest BCUT2D eigenvalue weighted by Crippen LogP contribution is -2.55. The van der Waals surface area contributed by atoms with Gasteiger partial charge in [-0.25, -0.2) is 0 Å². The van der Waals surface area contributed by atoms with Gasteiger partial charge in [-0.15, -0.1) is 0 Å². The predicted molar refractivity (Wildman–Crippen MR) is 71.5 cm³/mol. The lowest BCUT2D eigenvalue weighted by molar-refractivity contribution is 0.116. The molecule has 5 heteroatoms. The molecule has 17 heavy (non-hydrogen) atoms. The molecule has 0 radical (unpaired) electrons. The number of aromatic amines is 1. The zero-order valence-electron chi connectivity index (χ0n) is 10.5. The highest BCUT2D eigenvalue weighted by atomic mass is 32.1. The van der Waals surface area contributed by atoms with Crippen molar-refractivity contribution in [3.05, 3.63) is 20.7 Å². The van der Waals surface area contributed by atoms with Crippen molar-refractivity contribution in [2.45, 2.75) is 45.3 Å². The zero-order valence-corrected chi connectivity index (χ0v) is 11.3. The Morgan fingerprint density at radius 1 is 1.47 bits per heavy atom. The molecule has 1 aliphatic heterocycles. The number of rotatable bonds is 4. The highest BCUT2D eigenvalue weighted by Gasteiger charge is 2.25. The Hall–Kier alpha value is -0.650. The summed E-state index contributed by atoms with van der Waals surface area (Å²) in [6, 6.07) is 1.17. The van der Waals surface area contributed by atoms with Crippen LogP contribution in [0.2, 0.25) is 0 Å². The molecule has 2 rings (SSSR count). The Morgan fingerprint density at radius 2 is 2.29 bits per heavy atom. The molecule has 0 aromatic carbocycles. The fourth-order valence-corrected chi connectivity index (χ4v) is 2.98. The molecule has 2 atom stereocenters. The van der Waals surface area contributed by atoms with Crippen molar-refractivity contribution in [1.82, 2.24) is 15.2 Å². The SMILES string of the molecule is CCC1CN(Cc2csc(=O)[nH]2)C(CC)CN1. The molecular formula is C12H21N3OS. The van der Waals surface area contributed by atoms with Gasteiger partial charge in [0, 0.05) is 42.8 Å². The lowest BCUT2D eigenvalue weighted by Gasteiger charge is -2.39. The van der Waals surface area contributed by atoms with Crippen LogP contribution in [0, 0.1) is 0 Å². The fourth-order valence-electron chi connectivity index (χ4n) is 2.41. The number of H-pyrrole nitrogens is 1. The first kappa shape index (κ1) is 12.8. The van der Waals surface area contributed by atoms with Gasteiger partial charge in [0.15, 0.2) is 0 Å². The minimum absolute atomic E-state index is 0.0511. The van der Waals surface area contributed by atoms with Crippen molar-refractivity contribution >= 4 is 11.3 Å². The molecule has 0 bridgehead atoms. The molecule has 0 saturated carbocycles. The van der Waals surface area contributed by atoms with E-state index in [0.717, 1.165) is 38.2 Å². The third kappa shape index (κ3) is 3.18. The van der Waals surface area contributed by atoms with Crippen molar-refractivity contribution in [3.8, 4) is 0 Å². The first-order valence-electron chi connectivity index (χ1n) is 6.37. The van der Waals surface area contributed by atoms with Crippen LogP contribution in [-0.4, -0.2) is 35.1 Å². The van der Waals surface area contributed by atoms with Crippen LogP contribution in [0.1, 0.15) is 32.4 Å². The van der Waals surface area contributed by atoms with E-state index in [9.17, 15) is 4.79 Å². The smallest absolute Gasteiger partial charge is 0.304 e. The van der Waals surface area contributed by atoms with Gasteiger partial charge in [0.1, 0.15) is 0 Å². The highest BCUT2D eigenvalue weighted by Crippen LogP contribution is 2.15. The van der Waals surface area contributed by atoms with E-state index in [4.69, 9.17) is 0 Å². The van der Waals surface area contributed by atoms with E-state index in [1.54, 1.807) is 0 Å². The predicted octanol–water partition coefficient (Wildman–Crippen LogP) is 1.40. The molecule has 2 N–H and O–H groups in total. The van der Waals surface area contributed by atoms with E-state index in [0.29, 0.717) is 12.1 Å². The van der Waals surface area contributed by atoms with Crippen molar-refractivity contribution in [2.75, 3.05) is 13.1 Å². The van der Waals surface area contributed by atoms with Gasteiger partial charge in [-0.05, 0) is 12.8 Å². The monoisotopic (exact) mass is 255 g/mol. The van der Waals surface area contributed by atoms with Gasteiger partial charge in [0.2, 0.25) is 0 Å². The number of thiazole rings is 1. The third-order valence-electron chi connectivity index (χ3n) is 3.52. The lowest BCUT2D eigenvalue weighted by atomic mass is 10.1. The number of nitrogens with one attached hydrogen (secondary N) is 2. The molecule has 0 aliphatic carbocycles. The summed E-state index contributed by atoms with van der Waals surface area (Å²) in [5.74, 6) is 0. The van der Waals surface area contributed by atoms with Crippen LogP contribution >= 0.6 is 11.3 Å². The van der Waals surface area contributed by atoms with Crippen molar-refractivity contribution in [1.29, 1.82) is 0 Å². The number of piperazine rings is 1. The average Bonchev–Trinajstić information content (AvgIpc) is 2.74. The minimum atomic E-state index is 0.0511. The fraction of sp³-hybridized carbons (Fsp3) is 0.750. The van der Waals surface area contributed by atoms with E-state index in [1.807, 2.05) is 5.38 Å². The topological polar surface area (TPSA) is 48.1 Å². The van der Waals surface area contributed by atoms with Crippen LogP contribution < -0.4 is 10.2 Å². The summed E-state index contributed by atoms with van der Waals surface area (Å²) in [4.78, 5) is 16.6. The standard InChI is InChI=1S/C12H21N3OS/c1-3-9-6-15(11(4-2)5-13-9)7-10-8-17-12(16)14-10/h8-9,11,13H,3-7H2,1-2H3,(H,14,16). The summed E-state index contributed by atoms with van der Waals surface area (Å²) in [6.45, 7) is 7.45. The summed E-state index contributed by atoms with van der Waals surface area (Å²) < 4.78 is 0. The van der Waals surface area contributed by atoms with Crippen molar-refractivity contribution < 1.29 is 0 Å². The van der Waals surface area contributed by atoms with Gasteiger partial charge in [-0.2, -0.15) is 0 Å². The van der Waals surface area contributed by atoms with Crippen LogP contribution in [0.3, 0.4) is 0 Å². The van der Waals surface area contributed by atoms with Gasteiger partial charge >= 0.3 is 4.87 Å². The van der Waals surface area contributed by atoms with Gasteiger partial charge in [0.25, 0.3) is 0 Å². The van der Waals surface area contributed by atoms with E-state index in [2.05, 4.69) is 29.0 Å². The van der Waals surface area contributed by atoms with Gasteiger partial charge in [-0.3, -0.25) is 9.69 Å². The van der Waals surface area contributed by atoms with Crippen LogP contribution in [0.15, 0.2) is 10.2 Å². The average molecular weight is 255 g/mol. The molecule has 1 aromatic rings. The Bertz CT molecular complexity index is 400. The quantitative estimate of drug-likeness (QED) is 0.855. The van der Waals surface area contributed by atoms with E-state index >= 15 is 0 Å². The van der Waals surface area contributed by atoms with Crippen LogP contribution in [0.5, 0.6) is 0 Å². The van der Waals surface area contributed by atoms with E-state index < -0.39 is 0 Å². The Morgan fingerprint density at radius 3 is 2.88 bits per heavy atom. The maximum absolute atomic E-state index is 11.1. The largest absolute Gasteiger partial charge is 0.315 e. The first-order chi connectivity index (χ1) is 8.22.